The summed E-state index contributed by atoms with van der Waals surface area (Å²) in [5.74, 6) is 0. The quantitative estimate of drug-likeness (QED) is 0.325. The SMILES string of the molecule is C1CCN([P+](N2CCCC2)(N2CCCC2)N2CCCC2)C1.C1CCN([P+](N2CCCC2)(N2CCCC2)N2CCCC2)C1.[Br-].[Cl-]. The second-order valence-corrected chi connectivity index (χ2v) is 21.0. The first-order valence-electron chi connectivity index (χ1n) is 18.7. The Kier molecular flexibility index (Phi) is 14.4. The molecule has 0 amide bonds. The summed E-state index contributed by atoms with van der Waals surface area (Å²) in [4.78, 5) is 0. The van der Waals surface area contributed by atoms with E-state index in [4.69, 9.17) is 0 Å². The minimum atomic E-state index is -1.35. The zero-order valence-electron chi connectivity index (χ0n) is 27.9. The minimum absolute atomic E-state index is 0. The highest BCUT2D eigenvalue weighted by Crippen LogP contribution is 2.74. The van der Waals surface area contributed by atoms with Gasteiger partial charge >= 0.3 is 15.7 Å². The van der Waals surface area contributed by atoms with Crippen molar-refractivity contribution in [2.45, 2.75) is 103 Å². The van der Waals surface area contributed by atoms with Crippen LogP contribution in [0.3, 0.4) is 0 Å². The molecule has 0 aromatic carbocycles. The maximum atomic E-state index is 2.97. The summed E-state index contributed by atoms with van der Waals surface area (Å²) >= 11 is 0. The maximum absolute atomic E-state index is 2.97. The number of hydrogen-bond acceptors (Lipinski definition) is 8. The van der Waals surface area contributed by atoms with Gasteiger partial charge in [0.1, 0.15) is 0 Å². The van der Waals surface area contributed by atoms with Crippen LogP contribution < -0.4 is 29.4 Å². The Morgan fingerprint density at radius 2 is 0.295 bits per heavy atom. The molecule has 256 valence electrons. The molecule has 0 spiro atoms. The van der Waals surface area contributed by atoms with E-state index in [1.54, 1.807) is 0 Å². The Labute approximate surface area is 288 Å². The van der Waals surface area contributed by atoms with Crippen LogP contribution in [-0.4, -0.2) is 142 Å². The molecular weight excluding hydrogens is 674 g/mol. The lowest BCUT2D eigenvalue weighted by molar-refractivity contribution is -0.00100. The summed E-state index contributed by atoms with van der Waals surface area (Å²) < 4.78 is 23.7. The fourth-order valence-corrected chi connectivity index (χ4v) is 20.7. The monoisotopic (exact) mass is 736 g/mol. The smallest absolute Gasteiger partial charge is 0.308 e. The van der Waals surface area contributed by atoms with E-state index >= 15 is 0 Å². The van der Waals surface area contributed by atoms with Crippen LogP contribution in [0, 0.1) is 0 Å². The molecule has 0 aliphatic carbocycles. The molecule has 44 heavy (non-hydrogen) atoms. The molecule has 0 radical (unpaired) electrons. The van der Waals surface area contributed by atoms with E-state index in [-0.39, 0.29) is 29.4 Å². The first-order chi connectivity index (χ1) is 20.8. The molecule has 0 bridgehead atoms. The Bertz CT molecular complexity index is 623. The second-order valence-electron chi connectivity index (χ2n) is 14.4. The van der Waals surface area contributed by atoms with Crippen LogP contribution in [0.15, 0.2) is 0 Å². The average molecular weight is 738 g/mol. The van der Waals surface area contributed by atoms with Gasteiger partial charge in [-0.3, -0.25) is 0 Å². The molecule has 8 nitrogen and oxygen atoms in total. The molecular formula is C32H64BrClN8P2. The molecule has 8 aliphatic heterocycles. The van der Waals surface area contributed by atoms with Gasteiger partial charge < -0.3 is 29.4 Å². The van der Waals surface area contributed by atoms with Gasteiger partial charge in [0.25, 0.3) is 0 Å². The van der Waals surface area contributed by atoms with Crippen LogP contribution >= 0.6 is 15.7 Å². The third kappa shape index (κ3) is 6.99. The third-order valence-corrected chi connectivity index (χ3v) is 21.0. The van der Waals surface area contributed by atoms with Crippen LogP contribution in [0.25, 0.3) is 0 Å². The van der Waals surface area contributed by atoms with Gasteiger partial charge in [-0.1, -0.05) is 0 Å². The highest BCUT2D eigenvalue weighted by molar-refractivity contribution is 7.67. The van der Waals surface area contributed by atoms with Crippen LogP contribution in [-0.2, 0) is 0 Å². The standard InChI is InChI=1S/2C16H32N4P.BrH.ClH/c2*1-2-10-17(9-1)21(18-11-3-4-12-18,19-13-5-6-14-19)20-15-7-8-16-20;;/h2*1-16H2;2*1H/q2*+1;;/p-2. The zero-order chi connectivity index (χ0) is 28.2. The molecule has 8 rings (SSSR count). The van der Waals surface area contributed by atoms with E-state index in [0.29, 0.717) is 0 Å². The third-order valence-electron chi connectivity index (χ3n) is 11.7. The largest absolute Gasteiger partial charge is 1.00 e. The average Bonchev–Trinajstić information content (AvgIpc) is 3.91. The minimum Gasteiger partial charge on any atom is -1.00 e. The first-order valence-corrected chi connectivity index (χ1v) is 21.9. The summed E-state index contributed by atoms with van der Waals surface area (Å²) in [5.41, 5.74) is 0. The molecule has 12 heteroatoms. The lowest BCUT2D eigenvalue weighted by Crippen LogP contribution is -3.00. The van der Waals surface area contributed by atoms with E-state index in [2.05, 4.69) is 37.4 Å². The van der Waals surface area contributed by atoms with Crippen molar-refractivity contribution >= 4 is 15.7 Å². The van der Waals surface area contributed by atoms with Gasteiger partial charge in [-0.15, -0.1) is 37.4 Å². The van der Waals surface area contributed by atoms with E-state index in [9.17, 15) is 0 Å². The molecule has 0 aromatic heterocycles. The van der Waals surface area contributed by atoms with Gasteiger partial charge in [0.05, 0.1) is 0 Å². The first kappa shape index (κ1) is 36.6. The van der Waals surface area contributed by atoms with Gasteiger partial charge in [0.15, 0.2) is 0 Å². The summed E-state index contributed by atoms with van der Waals surface area (Å²) in [7, 11) is -2.71. The second kappa shape index (κ2) is 17.3. The van der Waals surface area contributed by atoms with Gasteiger partial charge in [0.2, 0.25) is 0 Å². The molecule has 8 saturated heterocycles. The summed E-state index contributed by atoms with van der Waals surface area (Å²) in [6.07, 6.45) is 22.8. The fourth-order valence-electron chi connectivity index (χ4n) is 9.90. The Morgan fingerprint density at radius 3 is 0.386 bits per heavy atom. The van der Waals surface area contributed by atoms with E-state index in [1.807, 2.05) is 0 Å². The van der Waals surface area contributed by atoms with Crippen molar-refractivity contribution in [2.75, 3.05) is 105 Å². The van der Waals surface area contributed by atoms with Crippen LogP contribution in [0.1, 0.15) is 103 Å². The van der Waals surface area contributed by atoms with Crippen molar-refractivity contribution < 1.29 is 29.4 Å². The number of rotatable bonds is 8. The van der Waals surface area contributed by atoms with E-state index in [0.717, 1.165) is 0 Å². The van der Waals surface area contributed by atoms with Crippen molar-refractivity contribution in [2.24, 2.45) is 0 Å². The van der Waals surface area contributed by atoms with Crippen molar-refractivity contribution in [3.63, 3.8) is 0 Å². The van der Waals surface area contributed by atoms with Crippen molar-refractivity contribution in [1.29, 1.82) is 0 Å². The fraction of sp³-hybridized carbons (Fsp3) is 1.00. The lowest BCUT2D eigenvalue weighted by atomic mass is 10.4. The van der Waals surface area contributed by atoms with Crippen LogP contribution in [0.5, 0.6) is 0 Å². The predicted octanol–water partition coefficient (Wildman–Crippen LogP) is 0.102. The highest BCUT2D eigenvalue weighted by atomic mass is 79.9. The van der Waals surface area contributed by atoms with Crippen LogP contribution in [0.2, 0.25) is 0 Å². The highest BCUT2D eigenvalue weighted by Gasteiger charge is 2.64. The zero-order valence-corrected chi connectivity index (χ0v) is 32.0. The molecule has 8 heterocycles. The predicted molar refractivity (Wildman–Crippen MR) is 180 cm³/mol. The van der Waals surface area contributed by atoms with Crippen molar-refractivity contribution in [3.05, 3.63) is 0 Å². The molecule has 8 aliphatic rings. The van der Waals surface area contributed by atoms with Gasteiger partial charge in [-0.05, 0) is 103 Å². The molecule has 8 fully saturated rings. The number of halogens is 2. The maximum Gasteiger partial charge on any atom is 0.308 e. The Hall–Kier alpha value is 1.31. The van der Waals surface area contributed by atoms with Gasteiger partial charge in [0, 0.05) is 105 Å². The molecule has 0 saturated carbocycles. The van der Waals surface area contributed by atoms with Crippen molar-refractivity contribution in [3.8, 4) is 0 Å². The summed E-state index contributed by atoms with van der Waals surface area (Å²) in [6.45, 7) is 21.7. The molecule has 0 atom stereocenters. The molecule has 0 aromatic rings. The Morgan fingerprint density at radius 1 is 0.205 bits per heavy atom. The molecule has 0 unspecified atom stereocenters. The van der Waals surface area contributed by atoms with Gasteiger partial charge in [-0.2, -0.15) is 0 Å². The van der Waals surface area contributed by atoms with E-state index < -0.39 is 15.7 Å². The number of nitrogens with zero attached hydrogens (tertiary/aromatic N) is 8. The Balaban J connectivity index is 0.000000167. The summed E-state index contributed by atoms with van der Waals surface area (Å²) in [6, 6.07) is 0. The molecule has 0 N–H and O–H groups in total. The normalized spacial score (nSPS) is 29.5. The summed E-state index contributed by atoms with van der Waals surface area (Å²) in [5, 5.41) is 0. The number of hydrogen-bond donors (Lipinski definition) is 0. The lowest BCUT2D eigenvalue weighted by Gasteiger charge is -2.47. The topological polar surface area (TPSA) is 25.9 Å². The van der Waals surface area contributed by atoms with E-state index in [1.165, 1.54) is 207 Å². The van der Waals surface area contributed by atoms with Gasteiger partial charge in [-0.25, -0.2) is 0 Å². The van der Waals surface area contributed by atoms with Crippen LogP contribution in [0.4, 0.5) is 0 Å². The van der Waals surface area contributed by atoms with Crippen molar-refractivity contribution in [1.82, 2.24) is 37.4 Å².